The molecule has 2 aliphatic rings. The SMILES string of the molecule is CN(Cc1nnc2n1CCC2)C(=O)CCC1NC(=O)NC1=O. The number of fused-ring (bicyclic) bond motifs is 1. The molecule has 118 valence electrons. The van der Waals surface area contributed by atoms with Crippen molar-refractivity contribution in [2.45, 2.75) is 44.8 Å². The van der Waals surface area contributed by atoms with Crippen molar-refractivity contribution in [3.05, 3.63) is 11.6 Å². The Morgan fingerprint density at radius 3 is 2.95 bits per heavy atom. The predicted molar refractivity (Wildman–Crippen MR) is 74.5 cm³/mol. The molecule has 1 aromatic rings. The van der Waals surface area contributed by atoms with Crippen molar-refractivity contribution < 1.29 is 14.4 Å². The molecule has 1 unspecified atom stereocenters. The highest BCUT2D eigenvalue weighted by molar-refractivity contribution is 6.04. The molecule has 22 heavy (non-hydrogen) atoms. The first kappa shape index (κ1) is 14.5. The normalized spacial score (nSPS) is 19.8. The molecule has 9 nitrogen and oxygen atoms in total. The zero-order valence-corrected chi connectivity index (χ0v) is 12.3. The summed E-state index contributed by atoms with van der Waals surface area (Å²) in [5, 5.41) is 12.9. The van der Waals surface area contributed by atoms with Crippen LogP contribution < -0.4 is 10.6 Å². The number of carbonyl (C=O) groups is 3. The van der Waals surface area contributed by atoms with Crippen LogP contribution in [0.3, 0.4) is 0 Å². The zero-order valence-electron chi connectivity index (χ0n) is 12.3. The molecule has 0 saturated carbocycles. The third-order valence-electron chi connectivity index (χ3n) is 4.00. The van der Waals surface area contributed by atoms with Crippen molar-refractivity contribution in [2.24, 2.45) is 0 Å². The van der Waals surface area contributed by atoms with Crippen LogP contribution in [0.2, 0.25) is 0 Å². The molecule has 3 rings (SSSR count). The first-order valence-corrected chi connectivity index (χ1v) is 7.31. The van der Waals surface area contributed by atoms with E-state index in [1.54, 1.807) is 11.9 Å². The Morgan fingerprint density at radius 1 is 1.41 bits per heavy atom. The van der Waals surface area contributed by atoms with E-state index in [9.17, 15) is 14.4 Å². The maximum atomic E-state index is 12.1. The van der Waals surface area contributed by atoms with Gasteiger partial charge in [0.1, 0.15) is 11.9 Å². The predicted octanol–water partition coefficient (Wildman–Crippen LogP) is -0.829. The number of nitrogens with zero attached hydrogens (tertiary/aromatic N) is 4. The molecule has 1 aromatic heterocycles. The average Bonchev–Trinajstić information content (AvgIpc) is 3.14. The lowest BCUT2D eigenvalue weighted by Crippen LogP contribution is -2.33. The molecule has 9 heteroatoms. The van der Waals surface area contributed by atoms with Gasteiger partial charge in [-0.3, -0.25) is 14.9 Å². The smallest absolute Gasteiger partial charge is 0.322 e. The van der Waals surface area contributed by atoms with Crippen LogP contribution in [0.5, 0.6) is 0 Å². The summed E-state index contributed by atoms with van der Waals surface area (Å²) in [5.41, 5.74) is 0. The minimum atomic E-state index is -0.623. The number of hydrogen-bond donors (Lipinski definition) is 2. The highest BCUT2D eigenvalue weighted by Crippen LogP contribution is 2.15. The summed E-state index contributed by atoms with van der Waals surface area (Å²) in [7, 11) is 1.70. The van der Waals surface area contributed by atoms with Crippen molar-refractivity contribution in [3.63, 3.8) is 0 Å². The fourth-order valence-corrected chi connectivity index (χ4v) is 2.75. The molecule has 0 spiro atoms. The number of urea groups is 1. The Kier molecular flexibility index (Phi) is 3.78. The fraction of sp³-hybridized carbons (Fsp3) is 0.615. The van der Waals surface area contributed by atoms with E-state index in [4.69, 9.17) is 0 Å². The van der Waals surface area contributed by atoms with Crippen molar-refractivity contribution in [3.8, 4) is 0 Å². The lowest BCUT2D eigenvalue weighted by Gasteiger charge is -2.17. The van der Waals surface area contributed by atoms with Gasteiger partial charge in [0.25, 0.3) is 5.91 Å². The van der Waals surface area contributed by atoms with Crippen molar-refractivity contribution in [1.29, 1.82) is 0 Å². The summed E-state index contributed by atoms with van der Waals surface area (Å²) in [4.78, 5) is 36.1. The Labute approximate surface area is 127 Å². The fourth-order valence-electron chi connectivity index (χ4n) is 2.75. The summed E-state index contributed by atoms with van der Waals surface area (Å²) >= 11 is 0. The zero-order chi connectivity index (χ0) is 15.7. The van der Waals surface area contributed by atoms with Crippen LogP contribution in [0, 0.1) is 0 Å². The van der Waals surface area contributed by atoms with Gasteiger partial charge in [0.05, 0.1) is 6.54 Å². The van der Waals surface area contributed by atoms with Crippen LogP contribution in [-0.4, -0.2) is 50.6 Å². The Bertz CT molecular complexity index is 625. The molecule has 3 heterocycles. The minimum Gasteiger partial charge on any atom is -0.338 e. The minimum absolute atomic E-state index is 0.0932. The highest BCUT2D eigenvalue weighted by atomic mass is 16.2. The number of amides is 4. The van der Waals surface area contributed by atoms with Gasteiger partial charge in [-0.1, -0.05) is 0 Å². The molecule has 1 fully saturated rings. The Hall–Kier alpha value is -2.45. The van der Waals surface area contributed by atoms with Crippen LogP contribution in [0.4, 0.5) is 4.79 Å². The first-order chi connectivity index (χ1) is 10.5. The average molecular weight is 306 g/mol. The number of hydrogen-bond acceptors (Lipinski definition) is 5. The van der Waals surface area contributed by atoms with Gasteiger partial charge >= 0.3 is 6.03 Å². The quantitative estimate of drug-likeness (QED) is 0.690. The molecule has 4 amide bonds. The molecule has 0 radical (unpaired) electrons. The van der Waals surface area contributed by atoms with Crippen molar-refractivity contribution >= 4 is 17.8 Å². The highest BCUT2D eigenvalue weighted by Gasteiger charge is 2.30. The Balaban J connectivity index is 1.51. The van der Waals surface area contributed by atoms with Gasteiger partial charge < -0.3 is 14.8 Å². The van der Waals surface area contributed by atoms with Gasteiger partial charge in [-0.2, -0.15) is 0 Å². The largest absolute Gasteiger partial charge is 0.338 e. The topological polar surface area (TPSA) is 109 Å². The third kappa shape index (κ3) is 2.78. The second-order valence-electron chi connectivity index (χ2n) is 5.59. The number of rotatable bonds is 5. The van der Waals surface area contributed by atoms with Gasteiger partial charge in [-0.15, -0.1) is 10.2 Å². The molecule has 1 saturated heterocycles. The van der Waals surface area contributed by atoms with Crippen LogP contribution >= 0.6 is 0 Å². The van der Waals surface area contributed by atoms with E-state index in [-0.39, 0.29) is 18.2 Å². The van der Waals surface area contributed by atoms with Crippen molar-refractivity contribution in [2.75, 3.05) is 7.05 Å². The number of aromatic nitrogens is 3. The molecular weight excluding hydrogens is 288 g/mol. The summed E-state index contributed by atoms with van der Waals surface area (Å²) in [6.45, 7) is 1.29. The van der Waals surface area contributed by atoms with Gasteiger partial charge in [0.15, 0.2) is 5.82 Å². The van der Waals surface area contributed by atoms with Crippen LogP contribution in [0.25, 0.3) is 0 Å². The molecular formula is C13H18N6O3. The molecule has 0 aromatic carbocycles. The lowest BCUT2D eigenvalue weighted by molar-refractivity contribution is -0.130. The number of carbonyl (C=O) groups excluding carboxylic acids is 3. The molecule has 1 atom stereocenters. The maximum Gasteiger partial charge on any atom is 0.322 e. The van der Waals surface area contributed by atoms with Gasteiger partial charge in [-0.25, -0.2) is 4.79 Å². The van der Waals surface area contributed by atoms with Crippen LogP contribution in [0.15, 0.2) is 0 Å². The van der Waals surface area contributed by atoms with Crippen LogP contribution in [-0.2, 0) is 29.1 Å². The molecule has 0 bridgehead atoms. The van der Waals surface area contributed by atoms with Crippen molar-refractivity contribution in [1.82, 2.24) is 30.3 Å². The molecule has 2 aliphatic heterocycles. The van der Waals surface area contributed by atoms with E-state index in [0.29, 0.717) is 13.0 Å². The summed E-state index contributed by atoms with van der Waals surface area (Å²) < 4.78 is 2.05. The monoisotopic (exact) mass is 306 g/mol. The number of imide groups is 1. The van der Waals surface area contributed by atoms with E-state index < -0.39 is 12.1 Å². The van der Waals surface area contributed by atoms with Crippen LogP contribution in [0.1, 0.15) is 30.9 Å². The van der Waals surface area contributed by atoms with E-state index in [2.05, 4.69) is 25.4 Å². The summed E-state index contributed by atoms with van der Waals surface area (Å²) in [6, 6.07) is -1.13. The standard InChI is InChI=1S/C13H18N6O3/c1-18(7-10-17-16-9-3-2-6-19(9)10)11(20)5-4-8-12(21)15-13(22)14-8/h8H,2-7H2,1H3,(H2,14,15,21,22). The van der Waals surface area contributed by atoms with E-state index in [1.165, 1.54) is 0 Å². The van der Waals surface area contributed by atoms with Gasteiger partial charge in [0.2, 0.25) is 5.91 Å². The lowest BCUT2D eigenvalue weighted by atomic mass is 10.1. The van der Waals surface area contributed by atoms with E-state index in [1.807, 2.05) is 0 Å². The number of nitrogens with one attached hydrogen (secondary N) is 2. The second-order valence-corrected chi connectivity index (χ2v) is 5.59. The maximum absolute atomic E-state index is 12.1. The number of aryl methyl sites for hydroxylation is 1. The van der Waals surface area contributed by atoms with E-state index in [0.717, 1.165) is 31.0 Å². The second kappa shape index (κ2) is 5.74. The van der Waals surface area contributed by atoms with Gasteiger partial charge in [0, 0.05) is 26.4 Å². The molecule has 0 aliphatic carbocycles. The van der Waals surface area contributed by atoms with Gasteiger partial charge in [-0.05, 0) is 12.8 Å². The Morgan fingerprint density at radius 2 is 2.23 bits per heavy atom. The van der Waals surface area contributed by atoms with E-state index >= 15 is 0 Å². The molecule has 2 N–H and O–H groups in total. The first-order valence-electron chi connectivity index (χ1n) is 7.31. The summed E-state index contributed by atoms with van der Waals surface area (Å²) in [5.74, 6) is 1.29. The summed E-state index contributed by atoms with van der Waals surface area (Å²) in [6.07, 6.45) is 2.47. The third-order valence-corrected chi connectivity index (χ3v) is 4.00.